The Hall–Kier alpha value is -1.01. The molecule has 0 bridgehead atoms. The van der Waals surface area contributed by atoms with Crippen LogP contribution in [0.2, 0.25) is 0 Å². The molecule has 5 heteroatoms. The van der Waals surface area contributed by atoms with E-state index in [1.165, 1.54) is 12.1 Å². The van der Waals surface area contributed by atoms with Crippen LogP contribution in [0.1, 0.15) is 19.4 Å². The molecule has 0 amide bonds. The smallest absolute Gasteiger partial charge is 0.123 e. The first-order valence-corrected chi connectivity index (χ1v) is 9.39. The van der Waals surface area contributed by atoms with Gasteiger partial charge in [-0.05, 0) is 29.5 Å². The maximum Gasteiger partial charge on any atom is 0.123 e. The SMILES string of the molecule is CC(C)(CN1CCOCC1)CN1CCO[C@@H](Cc2ccc(F)cc2)C1. The molecule has 0 spiro atoms. The number of morpholine rings is 2. The van der Waals surface area contributed by atoms with E-state index in [-0.39, 0.29) is 17.3 Å². The van der Waals surface area contributed by atoms with Crippen LogP contribution in [-0.4, -0.2) is 75.0 Å². The highest BCUT2D eigenvalue weighted by Crippen LogP contribution is 2.22. The first-order chi connectivity index (χ1) is 12.0. The molecule has 2 heterocycles. The second-order valence-electron chi connectivity index (χ2n) is 8.11. The molecule has 0 saturated carbocycles. The molecule has 0 aromatic heterocycles. The Morgan fingerprint density at radius 1 is 1.00 bits per heavy atom. The van der Waals surface area contributed by atoms with Crippen molar-refractivity contribution in [3.8, 4) is 0 Å². The zero-order chi connectivity index (χ0) is 17.7. The van der Waals surface area contributed by atoms with E-state index >= 15 is 0 Å². The maximum absolute atomic E-state index is 13.1. The Bertz CT molecular complexity index is 529. The summed E-state index contributed by atoms with van der Waals surface area (Å²) in [6.45, 7) is 13.4. The molecule has 1 atom stereocenters. The van der Waals surface area contributed by atoms with E-state index in [0.29, 0.717) is 0 Å². The Labute approximate surface area is 150 Å². The number of rotatable bonds is 6. The Kier molecular flexibility index (Phi) is 6.44. The molecule has 0 radical (unpaired) electrons. The summed E-state index contributed by atoms with van der Waals surface area (Å²) in [5.74, 6) is -0.181. The molecular weight excluding hydrogens is 319 g/mol. The zero-order valence-electron chi connectivity index (χ0n) is 15.5. The van der Waals surface area contributed by atoms with Crippen LogP contribution in [0.25, 0.3) is 0 Å². The highest BCUT2D eigenvalue weighted by atomic mass is 19.1. The fourth-order valence-electron chi connectivity index (χ4n) is 3.95. The highest BCUT2D eigenvalue weighted by molar-refractivity contribution is 5.17. The second kappa shape index (κ2) is 8.58. The quantitative estimate of drug-likeness (QED) is 0.787. The Morgan fingerprint density at radius 3 is 2.36 bits per heavy atom. The minimum Gasteiger partial charge on any atom is -0.379 e. The van der Waals surface area contributed by atoms with E-state index < -0.39 is 0 Å². The summed E-state index contributed by atoms with van der Waals surface area (Å²) in [7, 11) is 0. The third-order valence-corrected chi connectivity index (χ3v) is 5.01. The summed E-state index contributed by atoms with van der Waals surface area (Å²) in [5, 5.41) is 0. The van der Waals surface area contributed by atoms with E-state index in [1.54, 1.807) is 0 Å². The van der Waals surface area contributed by atoms with E-state index in [4.69, 9.17) is 9.47 Å². The van der Waals surface area contributed by atoms with Gasteiger partial charge in [0.2, 0.25) is 0 Å². The van der Waals surface area contributed by atoms with Crippen LogP contribution >= 0.6 is 0 Å². The highest BCUT2D eigenvalue weighted by Gasteiger charge is 2.29. The fraction of sp³-hybridized carbons (Fsp3) is 0.700. The number of hydrogen-bond donors (Lipinski definition) is 0. The van der Waals surface area contributed by atoms with Crippen molar-refractivity contribution in [3.05, 3.63) is 35.6 Å². The molecule has 1 aromatic carbocycles. The Morgan fingerprint density at radius 2 is 1.64 bits per heavy atom. The first kappa shape index (κ1) is 18.8. The third kappa shape index (κ3) is 6.03. The lowest BCUT2D eigenvalue weighted by molar-refractivity contribution is -0.0439. The lowest BCUT2D eigenvalue weighted by Crippen LogP contribution is -2.50. The minimum atomic E-state index is -0.181. The molecule has 2 fully saturated rings. The maximum atomic E-state index is 13.1. The van der Waals surface area contributed by atoms with Crippen LogP contribution in [0.4, 0.5) is 4.39 Å². The molecule has 0 aliphatic carbocycles. The van der Waals surface area contributed by atoms with Gasteiger partial charge in [-0.2, -0.15) is 0 Å². The van der Waals surface area contributed by atoms with Crippen LogP contribution in [0.15, 0.2) is 24.3 Å². The van der Waals surface area contributed by atoms with Gasteiger partial charge in [0.1, 0.15) is 5.82 Å². The molecule has 140 valence electrons. The first-order valence-electron chi connectivity index (χ1n) is 9.39. The fourth-order valence-corrected chi connectivity index (χ4v) is 3.95. The number of benzene rings is 1. The van der Waals surface area contributed by atoms with Crippen molar-refractivity contribution in [1.29, 1.82) is 0 Å². The molecule has 1 aromatic rings. The third-order valence-electron chi connectivity index (χ3n) is 5.01. The molecule has 2 aliphatic heterocycles. The van der Waals surface area contributed by atoms with E-state index in [1.807, 2.05) is 12.1 Å². The molecular formula is C20H31FN2O2. The topological polar surface area (TPSA) is 24.9 Å². The lowest BCUT2D eigenvalue weighted by Gasteiger charge is -2.40. The van der Waals surface area contributed by atoms with Crippen molar-refractivity contribution in [1.82, 2.24) is 9.80 Å². The van der Waals surface area contributed by atoms with Crippen LogP contribution < -0.4 is 0 Å². The number of ether oxygens (including phenoxy) is 2. The molecule has 0 N–H and O–H groups in total. The molecule has 2 aliphatic rings. The minimum absolute atomic E-state index is 0.181. The van der Waals surface area contributed by atoms with Crippen LogP contribution in [0, 0.1) is 11.2 Å². The van der Waals surface area contributed by atoms with E-state index in [2.05, 4.69) is 23.6 Å². The van der Waals surface area contributed by atoms with Crippen molar-refractivity contribution >= 4 is 0 Å². The van der Waals surface area contributed by atoms with Gasteiger partial charge in [-0.1, -0.05) is 26.0 Å². The zero-order valence-corrected chi connectivity index (χ0v) is 15.5. The summed E-state index contributed by atoms with van der Waals surface area (Å²) in [6, 6.07) is 6.78. The van der Waals surface area contributed by atoms with E-state index in [0.717, 1.165) is 71.1 Å². The van der Waals surface area contributed by atoms with Crippen LogP contribution in [0.3, 0.4) is 0 Å². The Balaban J connectivity index is 1.49. The summed E-state index contributed by atoms with van der Waals surface area (Å²) >= 11 is 0. The average Bonchev–Trinajstić information content (AvgIpc) is 2.57. The molecule has 3 rings (SSSR count). The van der Waals surface area contributed by atoms with Gasteiger partial charge in [0, 0.05) is 39.3 Å². The van der Waals surface area contributed by atoms with Crippen LogP contribution in [-0.2, 0) is 15.9 Å². The van der Waals surface area contributed by atoms with Crippen molar-refractivity contribution in [2.75, 3.05) is 59.1 Å². The molecule has 25 heavy (non-hydrogen) atoms. The number of nitrogens with zero attached hydrogens (tertiary/aromatic N) is 2. The predicted molar refractivity (Wildman–Crippen MR) is 97.3 cm³/mol. The largest absolute Gasteiger partial charge is 0.379 e. The van der Waals surface area contributed by atoms with E-state index in [9.17, 15) is 4.39 Å². The predicted octanol–water partition coefficient (Wildman–Crippen LogP) is 2.43. The normalized spacial score (nSPS) is 23.7. The van der Waals surface area contributed by atoms with Gasteiger partial charge < -0.3 is 9.47 Å². The molecule has 2 saturated heterocycles. The van der Waals surface area contributed by atoms with Gasteiger partial charge in [0.15, 0.2) is 0 Å². The van der Waals surface area contributed by atoms with Gasteiger partial charge in [-0.25, -0.2) is 4.39 Å². The molecule has 4 nitrogen and oxygen atoms in total. The van der Waals surface area contributed by atoms with Gasteiger partial charge in [0.05, 0.1) is 25.9 Å². The monoisotopic (exact) mass is 350 g/mol. The lowest BCUT2D eigenvalue weighted by atomic mass is 9.91. The summed E-state index contributed by atoms with van der Waals surface area (Å²) in [4.78, 5) is 5.04. The van der Waals surface area contributed by atoms with Crippen molar-refractivity contribution in [2.24, 2.45) is 5.41 Å². The average molecular weight is 350 g/mol. The van der Waals surface area contributed by atoms with Crippen LogP contribution in [0.5, 0.6) is 0 Å². The van der Waals surface area contributed by atoms with Crippen molar-refractivity contribution in [3.63, 3.8) is 0 Å². The van der Waals surface area contributed by atoms with Gasteiger partial charge in [-0.15, -0.1) is 0 Å². The standard InChI is InChI=1S/C20H31FN2O2/c1-20(2,15-22-7-10-24-11-8-22)16-23-9-12-25-19(14-23)13-17-3-5-18(21)6-4-17/h3-6,19H,7-16H2,1-2H3/t19-/m0/s1. The molecule has 0 unspecified atom stereocenters. The summed E-state index contributed by atoms with van der Waals surface area (Å²) in [6.07, 6.45) is 1.04. The number of hydrogen-bond acceptors (Lipinski definition) is 4. The van der Waals surface area contributed by atoms with Crippen molar-refractivity contribution in [2.45, 2.75) is 26.4 Å². The van der Waals surface area contributed by atoms with Crippen molar-refractivity contribution < 1.29 is 13.9 Å². The second-order valence-corrected chi connectivity index (χ2v) is 8.11. The summed E-state index contributed by atoms with van der Waals surface area (Å²) < 4.78 is 24.4. The number of halogens is 1. The van der Waals surface area contributed by atoms with Gasteiger partial charge in [-0.3, -0.25) is 9.80 Å². The summed E-state index contributed by atoms with van der Waals surface area (Å²) in [5.41, 5.74) is 1.38. The van der Waals surface area contributed by atoms with Gasteiger partial charge in [0.25, 0.3) is 0 Å². The van der Waals surface area contributed by atoms with Gasteiger partial charge >= 0.3 is 0 Å².